The van der Waals surface area contributed by atoms with Crippen LogP contribution in [-0.4, -0.2) is 29.8 Å². The molecule has 0 aromatic heterocycles. The zero-order valence-corrected chi connectivity index (χ0v) is 8.72. The predicted octanol–water partition coefficient (Wildman–Crippen LogP) is 0.0705. The van der Waals surface area contributed by atoms with E-state index in [1.54, 1.807) is 0 Å². The monoisotopic (exact) mass is 172 g/mol. The molecule has 0 aromatic carbocycles. The first kappa shape index (κ1) is 10.0. The molecule has 0 radical (unpaired) electrons. The topological polar surface area (TPSA) is 24.7 Å². The summed E-state index contributed by atoms with van der Waals surface area (Å²) in [6, 6.07) is 0. The first-order valence-corrected chi connectivity index (χ1v) is 4.93. The lowest BCUT2D eigenvalue weighted by Gasteiger charge is -2.39. The van der Waals surface area contributed by atoms with Crippen molar-refractivity contribution in [3.05, 3.63) is 0 Å². The van der Waals surface area contributed by atoms with Gasteiger partial charge in [-0.15, -0.1) is 0 Å². The number of nitrogens with one attached hydrogen (secondary N) is 1. The number of aliphatic hydroxyl groups excluding tert-OH is 1. The Morgan fingerprint density at radius 3 is 2.25 bits per heavy atom. The maximum absolute atomic E-state index is 9.59. The Hall–Kier alpha value is -0.0800. The van der Waals surface area contributed by atoms with Crippen molar-refractivity contribution in [1.82, 2.24) is 0 Å². The van der Waals surface area contributed by atoms with Gasteiger partial charge in [-0.05, 0) is 27.2 Å². The maximum atomic E-state index is 9.59. The standard InChI is InChI=1S/C10H21NO/c1-8-5-9(12)7-11(6-8)10(2,3)4/h8-9,12H,5-7H2,1-4H3/p+1/t8-,9-/m0/s1. The molecular weight excluding hydrogens is 150 g/mol. The van der Waals surface area contributed by atoms with Gasteiger partial charge in [0.1, 0.15) is 12.6 Å². The van der Waals surface area contributed by atoms with Crippen LogP contribution in [0.3, 0.4) is 0 Å². The fraction of sp³-hybridized carbons (Fsp3) is 1.00. The molecule has 12 heavy (non-hydrogen) atoms. The van der Waals surface area contributed by atoms with Gasteiger partial charge in [-0.3, -0.25) is 0 Å². The van der Waals surface area contributed by atoms with E-state index in [2.05, 4.69) is 27.7 Å². The lowest BCUT2D eigenvalue weighted by molar-refractivity contribution is -0.957. The van der Waals surface area contributed by atoms with Crippen molar-refractivity contribution < 1.29 is 10.0 Å². The summed E-state index contributed by atoms with van der Waals surface area (Å²) >= 11 is 0. The predicted molar refractivity (Wildman–Crippen MR) is 50.2 cm³/mol. The third kappa shape index (κ3) is 2.46. The van der Waals surface area contributed by atoms with Crippen molar-refractivity contribution >= 4 is 0 Å². The molecule has 2 heteroatoms. The van der Waals surface area contributed by atoms with Gasteiger partial charge in [0.05, 0.1) is 12.1 Å². The number of hydrogen-bond donors (Lipinski definition) is 2. The number of likely N-dealkylation sites (tertiary alicyclic amines) is 1. The molecule has 1 unspecified atom stereocenters. The van der Waals surface area contributed by atoms with Gasteiger partial charge in [-0.2, -0.15) is 0 Å². The fourth-order valence-corrected chi connectivity index (χ4v) is 2.03. The molecule has 0 amide bonds. The number of rotatable bonds is 0. The average molecular weight is 172 g/mol. The van der Waals surface area contributed by atoms with Crippen LogP contribution in [0.1, 0.15) is 34.1 Å². The minimum absolute atomic E-state index is 0.0806. The van der Waals surface area contributed by atoms with E-state index < -0.39 is 0 Å². The summed E-state index contributed by atoms with van der Waals surface area (Å²) in [5.41, 5.74) is 0.287. The molecule has 0 spiro atoms. The highest BCUT2D eigenvalue weighted by Gasteiger charge is 2.33. The molecule has 72 valence electrons. The van der Waals surface area contributed by atoms with Crippen molar-refractivity contribution in [2.75, 3.05) is 13.1 Å². The number of piperidine rings is 1. The molecule has 2 N–H and O–H groups in total. The molecule has 1 aliphatic heterocycles. The van der Waals surface area contributed by atoms with Crippen LogP contribution >= 0.6 is 0 Å². The van der Waals surface area contributed by atoms with Crippen LogP contribution in [0.25, 0.3) is 0 Å². The molecule has 1 saturated heterocycles. The third-order valence-corrected chi connectivity index (χ3v) is 2.81. The van der Waals surface area contributed by atoms with Crippen molar-refractivity contribution in [2.24, 2.45) is 5.92 Å². The Balaban J connectivity index is 2.55. The maximum Gasteiger partial charge on any atom is 0.104 e. The first-order chi connectivity index (χ1) is 5.39. The largest absolute Gasteiger partial charge is 0.387 e. The summed E-state index contributed by atoms with van der Waals surface area (Å²) in [6.07, 6.45) is 0.905. The molecule has 1 heterocycles. The van der Waals surface area contributed by atoms with Crippen molar-refractivity contribution in [3.63, 3.8) is 0 Å². The Morgan fingerprint density at radius 1 is 1.25 bits per heavy atom. The van der Waals surface area contributed by atoms with E-state index in [1.165, 1.54) is 11.4 Å². The molecule has 0 aromatic rings. The van der Waals surface area contributed by atoms with E-state index in [0.717, 1.165) is 13.0 Å². The summed E-state index contributed by atoms with van der Waals surface area (Å²) < 4.78 is 0. The van der Waals surface area contributed by atoms with Crippen LogP contribution in [-0.2, 0) is 0 Å². The van der Waals surface area contributed by atoms with Gasteiger partial charge < -0.3 is 10.0 Å². The van der Waals surface area contributed by atoms with Gasteiger partial charge in [0, 0.05) is 5.92 Å². The highest BCUT2D eigenvalue weighted by molar-refractivity contribution is 4.68. The Morgan fingerprint density at radius 2 is 1.83 bits per heavy atom. The molecule has 0 saturated carbocycles. The van der Waals surface area contributed by atoms with Gasteiger partial charge in [0.25, 0.3) is 0 Å². The number of aliphatic hydroxyl groups is 1. The lowest BCUT2D eigenvalue weighted by atomic mass is 9.93. The highest BCUT2D eigenvalue weighted by Crippen LogP contribution is 2.08. The van der Waals surface area contributed by atoms with Crippen molar-refractivity contribution in [2.45, 2.75) is 45.8 Å². The fourth-order valence-electron chi connectivity index (χ4n) is 2.03. The number of hydrogen-bond acceptors (Lipinski definition) is 1. The summed E-state index contributed by atoms with van der Waals surface area (Å²) in [4.78, 5) is 1.54. The average Bonchev–Trinajstić information content (AvgIpc) is 1.82. The van der Waals surface area contributed by atoms with Gasteiger partial charge >= 0.3 is 0 Å². The molecule has 1 rings (SSSR count). The molecule has 2 nitrogen and oxygen atoms in total. The smallest absolute Gasteiger partial charge is 0.104 e. The highest BCUT2D eigenvalue weighted by atomic mass is 16.3. The SMILES string of the molecule is C[C@H]1C[C@H](O)C[NH+](C(C)(C)C)C1. The second-order valence-electron chi connectivity index (χ2n) is 5.26. The van der Waals surface area contributed by atoms with Crippen LogP contribution in [0.4, 0.5) is 0 Å². The van der Waals surface area contributed by atoms with Gasteiger partial charge in [0.15, 0.2) is 0 Å². The molecule has 0 aliphatic carbocycles. The minimum Gasteiger partial charge on any atom is -0.387 e. The number of quaternary nitrogens is 1. The van der Waals surface area contributed by atoms with Gasteiger partial charge in [0.2, 0.25) is 0 Å². The van der Waals surface area contributed by atoms with E-state index in [1.807, 2.05) is 0 Å². The summed E-state index contributed by atoms with van der Waals surface area (Å²) in [5.74, 6) is 0.669. The van der Waals surface area contributed by atoms with Crippen LogP contribution in [0.5, 0.6) is 0 Å². The van der Waals surface area contributed by atoms with Crippen LogP contribution in [0.2, 0.25) is 0 Å². The normalized spacial score (nSPS) is 38.2. The summed E-state index contributed by atoms with van der Waals surface area (Å²) in [7, 11) is 0. The van der Waals surface area contributed by atoms with E-state index in [0.29, 0.717) is 5.92 Å². The molecule has 0 bridgehead atoms. The summed E-state index contributed by atoms with van der Waals surface area (Å²) in [5, 5.41) is 9.59. The molecule has 1 aliphatic rings. The molecular formula is C10H22NO+. The van der Waals surface area contributed by atoms with E-state index in [4.69, 9.17) is 0 Å². The van der Waals surface area contributed by atoms with Crippen LogP contribution in [0, 0.1) is 5.92 Å². The van der Waals surface area contributed by atoms with E-state index in [9.17, 15) is 5.11 Å². The quantitative estimate of drug-likeness (QED) is 0.531. The zero-order valence-electron chi connectivity index (χ0n) is 8.72. The Bertz CT molecular complexity index is 140. The van der Waals surface area contributed by atoms with E-state index >= 15 is 0 Å². The van der Waals surface area contributed by atoms with Crippen LogP contribution in [0.15, 0.2) is 0 Å². The second kappa shape index (κ2) is 3.35. The molecule has 1 fully saturated rings. The zero-order chi connectivity index (χ0) is 9.35. The Kier molecular flexibility index (Phi) is 2.79. The minimum atomic E-state index is -0.0806. The van der Waals surface area contributed by atoms with Gasteiger partial charge in [-0.25, -0.2) is 0 Å². The molecule has 3 atom stereocenters. The first-order valence-electron chi connectivity index (χ1n) is 4.93. The third-order valence-electron chi connectivity index (χ3n) is 2.81. The van der Waals surface area contributed by atoms with Crippen molar-refractivity contribution in [3.8, 4) is 0 Å². The summed E-state index contributed by atoms with van der Waals surface area (Å²) in [6.45, 7) is 11.1. The second-order valence-corrected chi connectivity index (χ2v) is 5.26. The van der Waals surface area contributed by atoms with E-state index in [-0.39, 0.29) is 11.6 Å². The lowest BCUT2D eigenvalue weighted by Crippen LogP contribution is -3.21. The van der Waals surface area contributed by atoms with Gasteiger partial charge in [-0.1, -0.05) is 6.92 Å². The Labute approximate surface area is 75.6 Å². The van der Waals surface area contributed by atoms with Crippen LogP contribution < -0.4 is 4.90 Å². The van der Waals surface area contributed by atoms with Crippen molar-refractivity contribution in [1.29, 1.82) is 0 Å².